The zero-order chi connectivity index (χ0) is 14.4. The van der Waals surface area contributed by atoms with Gasteiger partial charge in [-0.05, 0) is 58.1 Å². The van der Waals surface area contributed by atoms with Gasteiger partial charge in [-0.3, -0.25) is 0 Å². The van der Waals surface area contributed by atoms with Gasteiger partial charge in [0.15, 0.2) is 0 Å². The molecule has 0 amide bonds. The zero-order valence-electron chi connectivity index (χ0n) is 12.8. The van der Waals surface area contributed by atoms with Crippen LogP contribution in [0.2, 0.25) is 0 Å². The van der Waals surface area contributed by atoms with E-state index in [1.807, 2.05) is 13.0 Å². The Labute approximate surface area is 116 Å². The number of nitrogens with two attached hydrogens (primary N) is 1. The van der Waals surface area contributed by atoms with Crippen LogP contribution in [0.25, 0.3) is 0 Å². The van der Waals surface area contributed by atoms with Gasteiger partial charge in [-0.25, -0.2) is 0 Å². The molecule has 2 N–H and O–H groups in total. The average Bonchev–Trinajstić information content (AvgIpc) is 2.47. The van der Waals surface area contributed by atoms with Crippen molar-refractivity contribution < 1.29 is 9.31 Å². The van der Waals surface area contributed by atoms with Crippen molar-refractivity contribution in [3.05, 3.63) is 29.3 Å². The summed E-state index contributed by atoms with van der Waals surface area (Å²) in [5.41, 5.74) is 8.75. The Bertz CT molecular complexity index is 467. The van der Waals surface area contributed by atoms with Crippen molar-refractivity contribution in [2.24, 2.45) is 5.73 Å². The van der Waals surface area contributed by atoms with Crippen molar-refractivity contribution in [1.29, 1.82) is 0 Å². The van der Waals surface area contributed by atoms with Crippen LogP contribution in [-0.2, 0) is 9.31 Å². The maximum atomic E-state index is 6.05. The van der Waals surface area contributed by atoms with E-state index >= 15 is 0 Å². The van der Waals surface area contributed by atoms with E-state index in [0.717, 1.165) is 5.46 Å². The number of hydrogen-bond donors (Lipinski definition) is 1. The highest BCUT2D eigenvalue weighted by atomic mass is 16.7. The minimum Gasteiger partial charge on any atom is -0.399 e. The lowest BCUT2D eigenvalue weighted by Gasteiger charge is -2.32. The van der Waals surface area contributed by atoms with Gasteiger partial charge in [-0.15, -0.1) is 0 Å². The molecule has 19 heavy (non-hydrogen) atoms. The molecular formula is C15H24BNO2. The molecule has 1 saturated heterocycles. The lowest BCUT2D eigenvalue weighted by molar-refractivity contribution is 0.00578. The molecule has 1 unspecified atom stereocenters. The molecule has 1 atom stereocenters. The second kappa shape index (κ2) is 4.62. The molecule has 0 aromatic heterocycles. The van der Waals surface area contributed by atoms with E-state index in [0.29, 0.717) is 0 Å². The van der Waals surface area contributed by atoms with Gasteiger partial charge in [-0.2, -0.15) is 0 Å². The summed E-state index contributed by atoms with van der Waals surface area (Å²) in [4.78, 5) is 0. The summed E-state index contributed by atoms with van der Waals surface area (Å²) in [6.45, 7) is 12.3. The second-order valence-corrected chi connectivity index (χ2v) is 6.49. The van der Waals surface area contributed by atoms with E-state index in [-0.39, 0.29) is 24.4 Å². The van der Waals surface area contributed by atoms with Gasteiger partial charge in [0.2, 0.25) is 0 Å². The Morgan fingerprint density at radius 2 is 1.63 bits per heavy atom. The quantitative estimate of drug-likeness (QED) is 0.831. The molecule has 1 aromatic rings. The molecule has 1 aliphatic heterocycles. The molecule has 0 spiro atoms. The van der Waals surface area contributed by atoms with Crippen molar-refractivity contribution in [1.82, 2.24) is 0 Å². The lowest BCUT2D eigenvalue weighted by Crippen LogP contribution is -2.41. The minimum absolute atomic E-state index is 0.0485. The average molecular weight is 261 g/mol. The van der Waals surface area contributed by atoms with Crippen molar-refractivity contribution in [2.45, 2.75) is 58.8 Å². The summed E-state index contributed by atoms with van der Waals surface area (Å²) in [5.74, 6) is 0. The van der Waals surface area contributed by atoms with Crippen LogP contribution >= 0.6 is 0 Å². The number of hydrogen-bond acceptors (Lipinski definition) is 3. The van der Waals surface area contributed by atoms with Gasteiger partial charge >= 0.3 is 7.12 Å². The molecule has 0 saturated carbocycles. The summed E-state index contributed by atoms with van der Waals surface area (Å²) in [5, 5.41) is 0. The van der Waals surface area contributed by atoms with E-state index in [4.69, 9.17) is 15.0 Å². The van der Waals surface area contributed by atoms with E-state index in [1.54, 1.807) is 0 Å². The molecule has 0 aliphatic carbocycles. The van der Waals surface area contributed by atoms with Crippen molar-refractivity contribution in [2.75, 3.05) is 0 Å². The molecule has 1 fully saturated rings. The van der Waals surface area contributed by atoms with Crippen molar-refractivity contribution in [3.8, 4) is 0 Å². The summed E-state index contributed by atoms with van der Waals surface area (Å²) in [7, 11) is -0.300. The first-order valence-electron chi connectivity index (χ1n) is 6.86. The van der Waals surface area contributed by atoms with Gasteiger partial charge in [0.1, 0.15) is 0 Å². The van der Waals surface area contributed by atoms with E-state index < -0.39 is 0 Å². The Hall–Kier alpha value is -0.835. The fourth-order valence-corrected chi connectivity index (χ4v) is 2.34. The first kappa shape index (κ1) is 14.6. The van der Waals surface area contributed by atoms with Crippen LogP contribution in [0.15, 0.2) is 18.2 Å². The molecule has 104 valence electrons. The molecule has 2 rings (SSSR count). The van der Waals surface area contributed by atoms with Crippen LogP contribution in [0.4, 0.5) is 0 Å². The van der Waals surface area contributed by atoms with Crippen LogP contribution in [0.5, 0.6) is 0 Å². The third-order valence-electron chi connectivity index (χ3n) is 4.31. The van der Waals surface area contributed by atoms with Gasteiger partial charge in [0.05, 0.1) is 11.2 Å². The topological polar surface area (TPSA) is 44.5 Å². The van der Waals surface area contributed by atoms with Crippen LogP contribution in [0.1, 0.15) is 51.8 Å². The van der Waals surface area contributed by atoms with Crippen LogP contribution in [0.3, 0.4) is 0 Å². The smallest absolute Gasteiger partial charge is 0.399 e. The second-order valence-electron chi connectivity index (χ2n) is 6.49. The maximum Gasteiger partial charge on any atom is 0.494 e. The van der Waals surface area contributed by atoms with Crippen LogP contribution < -0.4 is 11.2 Å². The number of aryl methyl sites for hydroxylation is 1. The SMILES string of the molecule is Cc1cc(B2OC(C)(C)C(C)(C)O2)ccc1C(C)N. The summed E-state index contributed by atoms with van der Waals surface area (Å²) in [6.07, 6.45) is 0. The highest BCUT2D eigenvalue weighted by Gasteiger charge is 2.51. The van der Waals surface area contributed by atoms with Gasteiger partial charge in [-0.1, -0.05) is 18.2 Å². The zero-order valence-corrected chi connectivity index (χ0v) is 12.8. The van der Waals surface area contributed by atoms with E-state index in [9.17, 15) is 0 Å². The van der Waals surface area contributed by atoms with Gasteiger partial charge in [0.25, 0.3) is 0 Å². The van der Waals surface area contributed by atoms with Gasteiger partial charge < -0.3 is 15.0 Å². The van der Waals surface area contributed by atoms with E-state index in [1.165, 1.54) is 11.1 Å². The highest BCUT2D eigenvalue weighted by molar-refractivity contribution is 6.62. The van der Waals surface area contributed by atoms with E-state index in [2.05, 4.69) is 46.8 Å². The number of benzene rings is 1. The van der Waals surface area contributed by atoms with Crippen LogP contribution in [-0.4, -0.2) is 18.3 Å². The Morgan fingerprint density at radius 1 is 1.11 bits per heavy atom. The Morgan fingerprint density at radius 3 is 2.05 bits per heavy atom. The Balaban J connectivity index is 2.28. The summed E-state index contributed by atoms with van der Waals surface area (Å²) >= 11 is 0. The lowest BCUT2D eigenvalue weighted by atomic mass is 9.77. The Kier molecular flexibility index (Phi) is 3.54. The molecule has 0 bridgehead atoms. The van der Waals surface area contributed by atoms with Crippen LogP contribution in [0, 0.1) is 6.92 Å². The third-order valence-corrected chi connectivity index (χ3v) is 4.31. The fraction of sp³-hybridized carbons (Fsp3) is 0.600. The summed E-state index contributed by atoms with van der Waals surface area (Å²) < 4.78 is 12.1. The minimum atomic E-state index is -0.300. The largest absolute Gasteiger partial charge is 0.494 e. The highest BCUT2D eigenvalue weighted by Crippen LogP contribution is 2.36. The molecule has 1 aromatic carbocycles. The molecule has 1 heterocycles. The first-order valence-corrected chi connectivity index (χ1v) is 6.86. The molecule has 4 heteroatoms. The maximum absolute atomic E-state index is 6.05. The molecule has 0 radical (unpaired) electrons. The predicted molar refractivity (Wildman–Crippen MR) is 79.5 cm³/mol. The molecular weight excluding hydrogens is 237 g/mol. The fourth-order valence-electron chi connectivity index (χ4n) is 2.34. The first-order chi connectivity index (χ1) is 8.64. The normalized spacial score (nSPS) is 22.6. The molecule has 3 nitrogen and oxygen atoms in total. The van der Waals surface area contributed by atoms with Crippen molar-refractivity contribution >= 4 is 12.6 Å². The summed E-state index contributed by atoms with van der Waals surface area (Å²) in [6, 6.07) is 6.28. The van der Waals surface area contributed by atoms with Gasteiger partial charge in [0, 0.05) is 6.04 Å². The third kappa shape index (κ3) is 2.57. The standard InChI is InChI=1S/C15H24BNO2/c1-10-9-12(7-8-13(10)11(2)17)16-18-14(3,4)15(5,6)19-16/h7-9,11H,17H2,1-6H3. The monoisotopic (exact) mass is 261 g/mol. The molecule has 1 aliphatic rings. The predicted octanol–water partition coefficient (Wildman–Crippen LogP) is 2.31. The van der Waals surface area contributed by atoms with Crippen molar-refractivity contribution in [3.63, 3.8) is 0 Å². The number of rotatable bonds is 2.